The van der Waals surface area contributed by atoms with E-state index in [1.807, 2.05) is 47.4 Å². The first-order chi connectivity index (χ1) is 13.8. The summed E-state index contributed by atoms with van der Waals surface area (Å²) >= 11 is 1.77. The molecule has 1 heterocycles. The van der Waals surface area contributed by atoms with Crippen molar-refractivity contribution in [1.29, 1.82) is 5.26 Å². The molecule has 0 aromatic heterocycles. The van der Waals surface area contributed by atoms with E-state index in [0.29, 0.717) is 11.3 Å². The van der Waals surface area contributed by atoms with Crippen molar-refractivity contribution in [2.24, 2.45) is 0 Å². The largest absolute Gasteiger partial charge is 0.484 e. The van der Waals surface area contributed by atoms with Crippen molar-refractivity contribution in [3.05, 3.63) is 90.0 Å². The van der Waals surface area contributed by atoms with Gasteiger partial charge in [0.25, 0.3) is 5.91 Å². The molecule has 5 heteroatoms. The second kappa shape index (κ2) is 8.20. The van der Waals surface area contributed by atoms with Crippen molar-refractivity contribution in [1.82, 2.24) is 0 Å². The van der Waals surface area contributed by atoms with Gasteiger partial charge in [0.05, 0.1) is 23.4 Å². The van der Waals surface area contributed by atoms with Gasteiger partial charge in [-0.15, -0.1) is 11.8 Å². The number of hydrogen-bond donors (Lipinski definition) is 0. The summed E-state index contributed by atoms with van der Waals surface area (Å²) in [5.74, 6) is 1.28. The fraction of sp³-hybridized carbons (Fsp3) is 0.130. The van der Waals surface area contributed by atoms with E-state index in [1.54, 1.807) is 36.0 Å². The number of rotatable bonds is 4. The van der Waals surface area contributed by atoms with Gasteiger partial charge in [-0.1, -0.05) is 42.5 Å². The SMILES string of the molecule is N#Cc1ccc(OCC(=O)N2c3ccccc3SCC2c2ccccc2)cc1. The molecule has 3 aromatic carbocycles. The average molecular weight is 386 g/mol. The summed E-state index contributed by atoms with van der Waals surface area (Å²) in [5.41, 5.74) is 2.59. The molecule has 0 saturated carbocycles. The van der Waals surface area contributed by atoms with Gasteiger partial charge < -0.3 is 4.74 Å². The highest BCUT2D eigenvalue weighted by molar-refractivity contribution is 7.99. The molecule has 1 amide bonds. The first kappa shape index (κ1) is 18.1. The van der Waals surface area contributed by atoms with Gasteiger partial charge in [-0.05, 0) is 42.0 Å². The lowest BCUT2D eigenvalue weighted by Crippen LogP contribution is -2.41. The molecule has 1 aliphatic heterocycles. The van der Waals surface area contributed by atoms with E-state index >= 15 is 0 Å². The van der Waals surface area contributed by atoms with E-state index in [-0.39, 0.29) is 18.6 Å². The minimum absolute atomic E-state index is 0.0434. The first-order valence-electron chi connectivity index (χ1n) is 8.98. The molecule has 28 heavy (non-hydrogen) atoms. The Morgan fingerprint density at radius 1 is 1.04 bits per heavy atom. The Balaban J connectivity index is 1.59. The third-order valence-electron chi connectivity index (χ3n) is 4.63. The van der Waals surface area contributed by atoms with Crippen molar-refractivity contribution in [2.45, 2.75) is 10.9 Å². The molecule has 0 spiro atoms. The van der Waals surface area contributed by atoms with Crippen LogP contribution in [-0.2, 0) is 4.79 Å². The highest BCUT2D eigenvalue weighted by atomic mass is 32.2. The van der Waals surface area contributed by atoms with Crippen LogP contribution in [0.25, 0.3) is 0 Å². The van der Waals surface area contributed by atoms with Gasteiger partial charge in [-0.3, -0.25) is 9.69 Å². The van der Waals surface area contributed by atoms with Crippen LogP contribution in [0.5, 0.6) is 5.75 Å². The van der Waals surface area contributed by atoms with Crippen molar-refractivity contribution >= 4 is 23.4 Å². The lowest BCUT2D eigenvalue weighted by atomic mass is 10.1. The van der Waals surface area contributed by atoms with Crippen LogP contribution in [0.15, 0.2) is 83.8 Å². The predicted molar refractivity (Wildman–Crippen MR) is 110 cm³/mol. The van der Waals surface area contributed by atoms with Gasteiger partial charge in [-0.25, -0.2) is 0 Å². The van der Waals surface area contributed by atoms with Crippen LogP contribution in [0.2, 0.25) is 0 Å². The molecule has 0 saturated heterocycles. The molecular formula is C23H18N2O2S. The summed E-state index contributed by atoms with van der Waals surface area (Å²) in [5, 5.41) is 8.89. The lowest BCUT2D eigenvalue weighted by Gasteiger charge is -2.37. The number of nitriles is 1. The first-order valence-corrected chi connectivity index (χ1v) is 9.96. The van der Waals surface area contributed by atoms with Crippen LogP contribution < -0.4 is 9.64 Å². The molecule has 4 rings (SSSR count). The van der Waals surface area contributed by atoms with Crippen molar-refractivity contribution in [3.8, 4) is 11.8 Å². The topological polar surface area (TPSA) is 53.3 Å². The monoisotopic (exact) mass is 386 g/mol. The number of nitrogens with zero attached hydrogens (tertiary/aromatic N) is 2. The Morgan fingerprint density at radius 2 is 1.75 bits per heavy atom. The number of fused-ring (bicyclic) bond motifs is 1. The zero-order valence-electron chi connectivity index (χ0n) is 15.1. The third kappa shape index (κ3) is 3.73. The molecule has 0 fully saturated rings. The third-order valence-corrected chi connectivity index (χ3v) is 5.77. The van der Waals surface area contributed by atoms with Gasteiger partial charge in [0.1, 0.15) is 5.75 Å². The summed E-state index contributed by atoms with van der Waals surface area (Å²) in [6.07, 6.45) is 0. The number of amides is 1. The maximum atomic E-state index is 13.2. The highest BCUT2D eigenvalue weighted by Crippen LogP contribution is 2.43. The van der Waals surface area contributed by atoms with Crippen molar-refractivity contribution in [2.75, 3.05) is 17.3 Å². The number of benzene rings is 3. The van der Waals surface area contributed by atoms with Gasteiger partial charge in [-0.2, -0.15) is 5.26 Å². The Kier molecular flexibility index (Phi) is 5.31. The predicted octanol–water partition coefficient (Wildman–Crippen LogP) is 4.82. The molecule has 1 unspecified atom stereocenters. The molecule has 138 valence electrons. The number of carbonyl (C=O) groups excluding carboxylic acids is 1. The standard InChI is InChI=1S/C23H18N2O2S/c24-14-17-10-12-19(13-11-17)27-15-23(26)25-20-8-4-5-9-22(20)28-16-21(25)18-6-2-1-3-7-18/h1-13,21H,15-16H2. The maximum absolute atomic E-state index is 13.2. The van der Waals surface area contributed by atoms with Gasteiger partial charge in [0.2, 0.25) is 0 Å². The Morgan fingerprint density at radius 3 is 2.50 bits per heavy atom. The molecule has 0 radical (unpaired) electrons. The normalized spacial score (nSPS) is 15.4. The number of carbonyl (C=O) groups is 1. The molecule has 4 nitrogen and oxygen atoms in total. The van der Waals surface area contributed by atoms with Gasteiger partial charge >= 0.3 is 0 Å². The summed E-state index contributed by atoms with van der Waals surface area (Å²) in [7, 11) is 0. The van der Waals surface area contributed by atoms with Crippen LogP contribution in [0.3, 0.4) is 0 Å². The van der Waals surface area contributed by atoms with E-state index in [2.05, 4.69) is 18.2 Å². The Labute approximate surface area is 168 Å². The fourth-order valence-electron chi connectivity index (χ4n) is 3.26. The fourth-order valence-corrected chi connectivity index (χ4v) is 4.43. The zero-order chi connectivity index (χ0) is 19.3. The van der Waals surface area contributed by atoms with Crippen molar-refractivity contribution in [3.63, 3.8) is 0 Å². The minimum Gasteiger partial charge on any atom is -0.484 e. The average Bonchev–Trinajstić information content (AvgIpc) is 2.77. The summed E-state index contributed by atoms with van der Waals surface area (Å²) in [6, 6.07) is 26.9. The Bertz CT molecular complexity index is 1010. The number of hydrogen-bond acceptors (Lipinski definition) is 4. The molecule has 3 aromatic rings. The van der Waals surface area contributed by atoms with Crippen LogP contribution in [-0.4, -0.2) is 18.3 Å². The number of thioether (sulfide) groups is 1. The van der Waals surface area contributed by atoms with Crippen LogP contribution in [0.1, 0.15) is 17.2 Å². The van der Waals surface area contributed by atoms with Crippen LogP contribution >= 0.6 is 11.8 Å². The number of anilines is 1. The van der Waals surface area contributed by atoms with E-state index in [4.69, 9.17) is 10.00 Å². The maximum Gasteiger partial charge on any atom is 0.265 e. The summed E-state index contributed by atoms with van der Waals surface area (Å²) < 4.78 is 5.71. The van der Waals surface area contributed by atoms with Crippen LogP contribution in [0.4, 0.5) is 5.69 Å². The zero-order valence-corrected chi connectivity index (χ0v) is 15.9. The number of ether oxygens (including phenoxy) is 1. The van der Waals surface area contributed by atoms with E-state index < -0.39 is 0 Å². The van der Waals surface area contributed by atoms with Crippen LogP contribution in [0, 0.1) is 11.3 Å². The Hall–Kier alpha value is -3.23. The summed E-state index contributed by atoms with van der Waals surface area (Å²) in [6.45, 7) is -0.0613. The second-order valence-corrected chi connectivity index (χ2v) is 7.46. The molecule has 0 aliphatic carbocycles. The molecule has 0 bridgehead atoms. The van der Waals surface area contributed by atoms with E-state index in [1.165, 1.54) is 0 Å². The molecular weight excluding hydrogens is 368 g/mol. The smallest absolute Gasteiger partial charge is 0.265 e. The van der Waals surface area contributed by atoms with E-state index in [9.17, 15) is 4.79 Å². The van der Waals surface area contributed by atoms with Crippen molar-refractivity contribution < 1.29 is 9.53 Å². The summed E-state index contributed by atoms with van der Waals surface area (Å²) in [4.78, 5) is 16.1. The minimum atomic E-state index is -0.0917. The van der Waals surface area contributed by atoms with Gasteiger partial charge in [0.15, 0.2) is 6.61 Å². The quantitative estimate of drug-likeness (QED) is 0.645. The number of para-hydroxylation sites is 1. The molecule has 1 aliphatic rings. The van der Waals surface area contributed by atoms with Gasteiger partial charge in [0, 0.05) is 10.6 Å². The lowest BCUT2D eigenvalue weighted by molar-refractivity contribution is -0.121. The molecule has 0 N–H and O–H groups in total. The second-order valence-electron chi connectivity index (χ2n) is 6.39. The molecule has 1 atom stereocenters. The van der Waals surface area contributed by atoms with E-state index in [0.717, 1.165) is 21.9 Å². The highest BCUT2D eigenvalue weighted by Gasteiger charge is 2.32.